The zero-order valence-corrected chi connectivity index (χ0v) is 26.6. The van der Waals surface area contributed by atoms with Crippen molar-refractivity contribution in [1.29, 1.82) is 0 Å². The van der Waals surface area contributed by atoms with Crippen LogP contribution in [0, 0.1) is 0 Å². The number of aliphatic hydroxyl groups is 1. The van der Waals surface area contributed by atoms with Crippen molar-refractivity contribution in [1.82, 2.24) is 25.5 Å². The summed E-state index contributed by atoms with van der Waals surface area (Å²) in [7, 11) is 1.81. The molecule has 242 valence electrons. The molecule has 11 nitrogen and oxygen atoms in total. The summed E-state index contributed by atoms with van der Waals surface area (Å²) in [6.07, 6.45) is 2.31. The highest BCUT2D eigenvalue weighted by molar-refractivity contribution is 7.99. The summed E-state index contributed by atoms with van der Waals surface area (Å²) >= 11 is 1.54. The molecular weight excluding hydrogens is 606 g/mol. The third kappa shape index (κ3) is 9.46. The maximum absolute atomic E-state index is 12.3. The molecule has 12 heteroatoms. The highest BCUT2D eigenvalue weighted by Crippen LogP contribution is 2.39. The number of thioether (sulfide) groups is 1. The minimum Gasteiger partial charge on any atom is -0.481 e. The molecule has 2 heterocycles. The van der Waals surface area contributed by atoms with E-state index in [0.717, 1.165) is 45.0 Å². The lowest BCUT2D eigenvalue weighted by Crippen LogP contribution is -2.31. The fourth-order valence-electron chi connectivity index (χ4n) is 5.25. The Labute approximate surface area is 272 Å². The normalized spacial score (nSPS) is 17.9. The molecule has 0 spiro atoms. The SMILES string of the molecule is Cn1nnnc1SC[C@H]1C[C@@H](c2ccc(CO)cc2)O[C@@H](c2ccc(-c3cccc(CNC(=O)CCCCCC(=O)O)c3)cc2)O1. The second-order valence-electron chi connectivity index (χ2n) is 11.3. The van der Waals surface area contributed by atoms with Crippen molar-refractivity contribution in [3.63, 3.8) is 0 Å². The zero-order valence-electron chi connectivity index (χ0n) is 25.7. The molecule has 1 aliphatic heterocycles. The number of aliphatic hydroxyl groups excluding tert-OH is 1. The number of hydrogen-bond acceptors (Lipinski definition) is 9. The maximum atomic E-state index is 12.3. The molecule has 1 aromatic heterocycles. The van der Waals surface area contributed by atoms with Crippen molar-refractivity contribution < 1.29 is 29.3 Å². The number of tetrazole rings is 1. The second kappa shape index (κ2) is 16.5. The number of carbonyl (C=O) groups is 2. The largest absolute Gasteiger partial charge is 0.481 e. The summed E-state index contributed by atoms with van der Waals surface area (Å²) in [5, 5.41) is 33.6. The molecule has 1 fully saturated rings. The molecule has 1 saturated heterocycles. The van der Waals surface area contributed by atoms with Gasteiger partial charge in [-0.15, -0.1) is 5.10 Å². The molecule has 3 atom stereocenters. The molecule has 3 aromatic carbocycles. The maximum Gasteiger partial charge on any atom is 0.303 e. The van der Waals surface area contributed by atoms with Gasteiger partial charge in [-0.1, -0.05) is 84.9 Å². The first-order chi connectivity index (χ1) is 22.4. The van der Waals surface area contributed by atoms with Gasteiger partial charge in [-0.25, -0.2) is 4.68 Å². The Morgan fingerprint density at radius 1 is 0.935 bits per heavy atom. The van der Waals surface area contributed by atoms with E-state index in [-0.39, 0.29) is 31.1 Å². The van der Waals surface area contributed by atoms with Gasteiger partial charge >= 0.3 is 5.97 Å². The van der Waals surface area contributed by atoms with Gasteiger partial charge in [0, 0.05) is 44.2 Å². The Kier molecular flexibility index (Phi) is 11.9. The van der Waals surface area contributed by atoms with Gasteiger partial charge < -0.3 is 25.0 Å². The van der Waals surface area contributed by atoms with Crippen LogP contribution < -0.4 is 5.32 Å². The van der Waals surface area contributed by atoms with Gasteiger partial charge in [0.05, 0.1) is 18.8 Å². The molecule has 0 saturated carbocycles. The fraction of sp³-hybridized carbons (Fsp3) is 0.382. The lowest BCUT2D eigenvalue weighted by Gasteiger charge is -2.36. The van der Waals surface area contributed by atoms with Crippen LogP contribution in [-0.2, 0) is 39.3 Å². The smallest absolute Gasteiger partial charge is 0.303 e. The predicted molar refractivity (Wildman–Crippen MR) is 172 cm³/mol. The quantitative estimate of drug-likeness (QED) is 0.114. The number of carbonyl (C=O) groups excluding carboxylic acids is 1. The van der Waals surface area contributed by atoms with Crippen LogP contribution in [-0.4, -0.2) is 54.2 Å². The number of aliphatic carboxylic acids is 1. The van der Waals surface area contributed by atoms with Crippen LogP contribution in [0.1, 0.15) is 73.2 Å². The van der Waals surface area contributed by atoms with E-state index >= 15 is 0 Å². The van der Waals surface area contributed by atoms with Gasteiger partial charge in [-0.2, -0.15) is 0 Å². The van der Waals surface area contributed by atoms with E-state index in [0.29, 0.717) is 38.0 Å². The number of carboxylic acid groups (broad SMARTS) is 1. The number of ether oxygens (including phenoxy) is 2. The molecule has 46 heavy (non-hydrogen) atoms. The monoisotopic (exact) mass is 645 g/mol. The highest BCUT2D eigenvalue weighted by atomic mass is 32.2. The molecule has 0 aliphatic carbocycles. The standard InChI is InChI=1S/C34H39N5O6S/c1-39-34(36-37-38-39)46-22-29-19-30(26-12-10-23(21-40)11-13-26)45-33(44-29)27-16-14-25(15-17-27)28-7-5-6-24(18-28)20-35-31(41)8-3-2-4-9-32(42)43/h5-7,10-18,29-30,33,40H,2-4,8-9,19-22H2,1H3,(H,35,41)(H,42,43)/t29-,30+,33+/m1/s1. The highest BCUT2D eigenvalue weighted by Gasteiger charge is 2.32. The number of aryl methyl sites for hydroxylation is 1. The minimum atomic E-state index is -0.804. The van der Waals surface area contributed by atoms with Crippen LogP contribution in [0.25, 0.3) is 11.1 Å². The van der Waals surface area contributed by atoms with E-state index in [2.05, 4.69) is 26.9 Å². The predicted octanol–water partition coefficient (Wildman–Crippen LogP) is 5.36. The summed E-state index contributed by atoms with van der Waals surface area (Å²) in [6.45, 7) is 0.415. The van der Waals surface area contributed by atoms with E-state index in [4.69, 9.17) is 14.6 Å². The molecular formula is C34H39N5O6S. The molecule has 0 unspecified atom stereocenters. The first kappa shape index (κ1) is 33.3. The Hall–Kier alpha value is -4.10. The third-order valence-electron chi connectivity index (χ3n) is 7.82. The van der Waals surface area contributed by atoms with Crippen LogP contribution in [0.5, 0.6) is 0 Å². The van der Waals surface area contributed by atoms with Crippen molar-refractivity contribution >= 4 is 23.6 Å². The number of hydrogen-bond donors (Lipinski definition) is 3. The summed E-state index contributed by atoms with van der Waals surface area (Å²) in [5.74, 6) is -0.183. The van der Waals surface area contributed by atoms with Crippen molar-refractivity contribution in [2.75, 3.05) is 5.75 Å². The third-order valence-corrected chi connectivity index (χ3v) is 8.96. The second-order valence-corrected chi connectivity index (χ2v) is 12.3. The van der Waals surface area contributed by atoms with Gasteiger partial charge in [0.2, 0.25) is 11.1 Å². The Morgan fingerprint density at radius 2 is 1.70 bits per heavy atom. The van der Waals surface area contributed by atoms with Crippen LogP contribution in [0.3, 0.4) is 0 Å². The number of rotatable bonds is 15. The topological polar surface area (TPSA) is 149 Å². The summed E-state index contributed by atoms with van der Waals surface area (Å²) in [4.78, 5) is 22.9. The van der Waals surface area contributed by atoms with Crippen LogP contribution >= 0.6 is 11.8 Å². The molecule has 0 radical (unpaired) electrons. The van der Waals surface area contributed by atoms with Crippen molar-refractivity contribution in [2.45, 2.75) is 75.3 Å². The van der Waals surface area contributed by atoms with E-state index in [1.807, 2.05) is 73.8 Å². The van der Waals surface area contributed by atoms with Gasteiger partial charge in [0.15, 0.2) is 6.29 Å². The number of nitrogens with one attached hydrogen (secondary N) is 1. The number of amides is 1. The van der Waals surface area contributed by atoms with Crippen molar-refractivity contribution in [2.24, 2.45) is 7.05 Å². The first-order valence-electron chi connectivity index (χ1n) is 15.4. The Balaban J connectivity index is 1.22. The van der Waals surface area contributed by atoms with Crippen LogP contribution in [0.4, 0.5) is 0 Å². The van der Waals surface area contributed by atoms with Gasteiger partial charge in [0.25, 0.3) is 0 Å². The zero-order chi connectivity index (χ0) is 32.3. The minimum absolute atomic E-state index is 0.00991. The lowest BCUT2D eigenvalue weighted by atomic mass is 9.99. The van der Waals surface area contributed by atoms with Crippen molar-refractivity contribution in [3.05, 3.63) is 95.1 Å². The molecule has 4 aromatic rings. The average Bonchev–Trinajstić information content (AvgIpc) is 3.50. The fourth-order valence-corrected chi connectivity index (χ4v) is 6.12. The van der Waals surface area contributed by atoms with Gasteiger partial charge in [-0.05, 0) is 57.2 Å². The number of unbranched alkanes of at least 4 members (excludes halogenated alkanes) is 2. The first-order valence-corrected chi connectivity index (χ1v) is 16.4. The summed E-state index contributed by atoms with van der Waals surface area (Å²) in [6, 6.07) is 24.0. The Morgan fingerprint density at radius 3 is 2.41 bits per heavy atom. The van der Waals surface area contributed by atoms with E-state index in [1.54, 1.807) is 16.4 Å². The number of nitrogens with zero attached hydrogens (tertiary/aromatic N) is 4. The van der Waals surface area contributed by atoms with Crippen molar-refractivity contribution in [3.8, 4) is 11.1 Å². The van der Waals surface area contributed by atoms with E-state index in [9.17, 15) is 14.7 Å². The van der Waals surface area contributed by atoms with Crippen LogP contribution in [0.2, 0.25) is 0 Å². The number of benzene rings is 3. The summed E-state index contributed by atoms with van der Waals surface area (Å²) < 4.78 is 14.6. The molecule has 3 N–H and O–H groups in total. The van der Waals surface area contributed by atoms with Gasteiger partial charge in [-0.3, -0.25) is 9.59 Å². The molecule has 1 aliphatic rings. The van der Waals surface area contributed by atoms with Crippen LogP contribution in [0.15, 0.2) is 78.0 Å². The van der Waals surface area contributed by atoms with Gasteiger partial charge in [0.1, 0.15) is 0 Å². The summed E-state index contributed by atoms with van der Waals surface area (Å²) in [5.41, 5.74) is 5.84. The molecule has 5 rings (SSSR count). The lowest BCUT2D eigenvalue weighted by molar-refractivity contribution is -0.245. The average molecular weight is 646 g/mol. The molecule has 1 amide bonds. The number of aromatic nitrogens is 4. The molecule has 0 bridgehead atoms. The number of carboxylic acids is 1. The van der Waals surface area contributed by atoms with E-state index in [1.165, 1.54) is 0 Å². The Bertz CT molecular complexity index is 1580. The van der Waals surface area contributed by atoms with E-state index < -0.39 is 12.3 Å².